The number of carbonyl (C=O) groups excluding carboxylic acids is 3. The number of esters is 1. The molecule has 2 amide bonds. The summed E-state index contributed by atoms with van der Waals surface area (Å²) >= 11 is 0. The van der Waals surface area contributed by atoms with Gasteiger partial charge in [0, 0.05) is 39.0 Å². The Labute approximate surface area is 179 Å². The van der Waals surface area contributed by atoms with Gasteiger partial charge >= 0.3 is 5.97 Å². The molecule has 2 saturated heterocycles. The molecular formula is C24H34N2O4. The van der Waals surface area contributed by atoms with E-state index in [0.717, 1.165) is 45.1 Å². The van der Waals surface area contributed by atoms with Crippen LogP contribution in [0, 0.1) is 5.41 Å². The summed E-state index contributed by atoms with van der Waals surface area (Å²) in [7, 11) is 0. The van der Waals surface area contributed by atoms with E-state index in [2.05, 4.69) is 12.1 Å². The van der Waals surface area contributed by atoms with Crippen molar-refractivity contribution in [3.05, 3.63) is 35.9 Å². The predicted octanol–water partition coefficient (Wildman–Crippen LogP) is 3.19. The molecule has 30 heavy (non-hydrogen) atoms. The summed E-state index contributed by atoms with van der Waals surface area (Å²) in [5.41, 5.74) is 0.637. The standard InChI is InChI=1S/C24H34N2O4/c1-2-30-23(29)24(14-6-11-20-9-4-3-5-10-20)15-8-17-26(19-24)22(28)13-18-25-16-7-12-21(25)27/h3-5,9-10H,2,6-8,11-19H2,1H3/t24-/m0/s1. The number of hydrogen-bond acceptors (Lipinski definition) is 4. The van der Waals surface area contributed by atoms with Gasteiger partial charge in [0.1, 0.15) is 0 Å². The van der Waals surface area contributed by atoms with Crippen LogP contribution in [0.2, 0.25) is 0 Å². The van der Waals surface area contributed by atoms with E-state index in [-0.39, 0.29) is 17.8 Å². The molecule has 164 valence electrons. The molecule has 2 fully saturated rings. The van der Waals surface area contributed by atoms with Gasteiger partial charge in [-0.2, -0.15) is 0 Å². The minimum atomic E-state index is -0.623. The van der Waals surface area contributed by atoms with E-state index >= 15 is 0 Å². The molecule has 0 aliphatic carbocycles. The van der Waals surface area contributed by atoms with Crippen LogP contribution >= 0.6 is 0 Å². The van der Waals surface area contributed by atoms with Gasteiger partial charge in [0.05, 0.1) is 12.0 Å². The number of ether oxygens (including phenoxy) is 1. The largest absolute Gasteiger partial charge is 0.466 e. The van der Waals surface area contributed by atoms with Gasteiger partial charge in [0.15, 0.2) is 0 Å². The third-order valence-electron chi connectivity index (χ3n) is 6.37. The first-order chi connectivity index (χ1) is 14.5. The summed E-state index contributed by atoms with van der Waals surface area (Å²) in [6.07, 6.45) is 5.87. The Morgan fingerprint density at radius 2 is 1.93 bits per heavy atom. The average Bonchev–Trinajstić information content (AvgIpc) is 3.18. The first-order valence-electron chi connectivity index (χ1n) is 11.3. The maximum atomic E-state index is 12.9. The summed E-state index contributed by atoms with van der Waals surface area (Å²) < 4.78 is 5.44. The third-order valence-corrected chi connectivity index (χ3v) is 6.37. The van der Waals surface area contributed by atoms with Gasteiger partial charge in [-0.05, 0) is 51.0 Å². The average molecular weight is 415 g/mol. The van der Waals surface area contributed by atoms with E-state index in [1.807, 2.05) is 30.0 Å². The van der Waals surface area contributed by atoms with Crippen LogP contribution in [-0.2, 0) is 25.5 Å². The van der Waals surface area contributed by atoms with Crippen molar-refractivity contribution in [3.63, 3.8) is 0 Å². The highest BCUT2D eigenvalue weighted by atomic mass is 16.5. The monoisotopic (exact) mass is 414 g/mol. The number of aryl methyl sites for hydroxylation is 1. The molecule has 0 unspecified atom stereocenters. The zero-order chi connectivity index (χ0) is 21.4. The molecule has 0 aromatic heterocycles. The van der Waals surface area contributed by atoms with Crippen LogP contribution < -0.4 is 0 Å². The Morgan fingerprint density at radius 3 is 2.63 bits per heavy atom. The molecule has 1 aromatic rings. The van der Waals surface area contributed by atoms with Crippen molar-refractivity contribution >= 4 is 17.8 Å². The predicted molar refractivity (Wildman–Crippen MR) is 115 cm³/mol. The van der Waals surface area contributed by atoms with Crippen LogP contribution in [0.5, 0.6) is 0 Å². The first-order valence-corrected chi connectivity index (χ1v) is 11.3. The van der Waals surface area contributed by atoms with Gasteiger partial charge in [-0.3, -0.25) is 14.4 Å². The van der Waals surface area contributed by atoms with Gasteiger partial charge in [0.25, 0.3) is 0 Å². The molecule has 0 radical (unpaired) electrons. The maximum absolute atomic E-state index is 12.9. The van der Waals surface area contributed by atoms with Crippen molar-refractivity contribution < 1.29 is 19.1 Å². The van der Waals surface area contributed by atoms with Crippen molar-refractivity contribution in [3.8, 4) is 0 Å². The van der Waals surface area contributed by atoms with Crippen molar-refractivity contribution in [1.82, 2.24) is 9.80 Å². The SMILES string of the molecule is CCOC(=O)[C@@]1(CCCc2ccccc2)CCCN(C(=O)CCN2CCCC2=O)C1. The van der Waals surface area contributed by atoms with Gasteiger partial charge in [-0.1, -0.05) is 30.3 Å². The van der Waals surface area contributed by atoms with Crippen LogP contribution in [0.3, 0.4) is 0 Å². The molecule has 1 atom stereocenters. The fourth-order valence-electron chi connectivity index (χ4n) is 4.71. The summed E-state index contributed by atoms with van der Waals surface area (Å²) in [6.45, 7) is 4.51. The van der Waals surface area contributed by atoms with Gasteiger partial charge in [-0.25, -0.2) is 0 Å². The molecule has 3 rings (SSSR count). The lowest BCUT2D eigenvalue weighted by atomic mass is 9.75. The van der Waals surface area contributed by atoms with E-state index in [0.29, 0.717) is 39.1 Å². The lowest BCUT2D eigenvalue weighted by Gasteiger charge is -2.41. The van der Waals surface area contributed by atoms with Crippen LogP contribution in [0.15, 0.2) is 30.3 Å². The van der Waals surface area contributed by atoms with E-state index < -0.39 is 5.41 Å². The Hall–Kier alpha value is -2.37. The summed E-state index contributed by atoms with van der Waals surface area (Å²) in [4.78, 5) is 41.2. The van der Waals surface area contributed by atoms with Crippen molar-refractivity contribution in [1.29, 1.82) is 0 Å². The van der Waals surface area contributed by atoms with E-state index in [1.54, 1.807) is 4.90 Å². The van der Waals surface area contributed by atoms with Gasteiger partial charge < -0.3 is 14.5 Å². The van der Waals surface area contributed by atoms with E-state index in [4.69, 9.17) is 4.74 Å². The lowest BCUT2D eigenvalue weighted by molar-refractivity contribution is -0.161. The van der Waals surface area contributed by atoms with E-state index in [1.165, 1.54) is 5.56 Å². The molecule has 6 nitrogen and oxygen atoms in total. The smallest absolute Gasteiger partial charge is 0.313 e. The highest BCUT2D eigenvalue weighted by molar-refractivity contribution is 5.82. The van der Waals surface area contributed by atoms with Crippen LogP contribution in [-0.4, -0.2) is 60.4 Å². The van der Waals surface area contributed by atoms with Crippen molar-refractivity contribution in [2.45, 2.75) is 58.3 Å². The highest BCUT2D eigenvalue weighted by Crippen LogP contribution is 2.37. The zero-order valence-corrected chi connectivity index (χ0v) is 18.1. The molecule has 2 aliphatic heterocycles. The second-order valence-corrected chi connectivity index (χ2v) is 8.49. The Balaban J connectivity index is 1.60. The minimum Gasteiger partial charge on any atom is -0.466 e. The number of piperidine rings is 1. The minimum absolute atomic E-state index is 0.0335. The quantitative estimate of drug-likeness (QED) is 0.582. The topological polar surface area (TPSA) is 66.9 Å². The van der Waals surface area contributed by atoms with Gasteiger partial charge in [0.2, 0.25) is 11.8 Å². The zero-order valence-electron chi connectivity index (χ0n) is 18.1. The number of amides is 2. The summed E-state index contributed by atoms with van der Waals surface area (Å²) in [6, 6.07) is 10.3. The normalized spacial score (nSPS) is 21.7. The van der Waals surface area contributed by atoms with Gasteiger partial charge in [-0.15, -0.1) is 0 Å². The van der Waals surface area contributed by atoms with Crippen molar-refractivity contribution in [2.75, 3.05) is 32.8 Å². The molecule has 2 heterocycles. The molecule has 1 aromatic carbocycles. The number of benzene rings is 1. The highest BCUT2D eigenvalue weighted by Gasteiger charge is 2.44. The second kappa shape index (κ2) is 10.6. The molecule has 0 spiro atoms. The Kier molecular flexibility index (Phi) is 7.88. The second-order valence-electron chi connectivity index (χ2n) is 8.49. The number of likely N-dealkylation sites (tertiary alicyclic amines) is 2. The van der Waals surface area contributed by atoms with Crippen LogP contribution in [0.1, 0.15) is 57.4 Å². The maximum Gasteiger partial charge on any atom is 0.313 e. The Bertz CT molecular complexity index is 736. The molecule has 0 N–H and O–H groups in total. The first kappa shape index (κ1) is 22.3. The summed E-state index contributed by atoms with van der Waals surface area (Å²) in [5.74, 6) is -0.000332. The molecule has 0 saturated carbocycles. The third kappa shape index (κ3) is 5.61. The summed E-state index contributed by atoms with van der Waals surface area (Å²) in [5, 5.41) is 0. The fourth-order valence-corrected chi connectivity index (χ4v) is 4.71. The molecule has 0 bridgehead atoms. The lowest BCUT2D eigenvalue weighted by Crippen LogP contribution is -2.51. The number of carbonyl (C=O) groups is 3. The molecule has 6 heteroatoms. The van der Waals surface area contributed by atoms with E-state index in [9.17, 15) is 14.4 Å². The van der Waals surface area contributed by atoms with Crippen molar-refractivity contribution in [2.24, 2.45) is 5.41 Å². The number of rotatable bonds is 9. The number of nitrogens with zero attached hydrogens (tertiary/aromatic N) is 2. The molecular weight excluding hydrogens is 380 g/mol. The Morgan fingerprint density at radius 1 is 1.13 bits per heavy atom. The van der Waals surface area contributed by atoms with Crippen LogP contribution in [0.4, 0.5) is 0 Å². The van der Waals surface area contributed by atoms with Crippen LogP contribution in [0.25, 0.3) is 0 Å². The fraction of sp³-hybridized carbons (Fsp3) is 0.625. The molecule has 2 aliphatic rings. The number of hydrogen-bond donors (Lipinski definition) is 0.